The molecule has 28 heavy (non-hydrogen) atoms. The first-order valence-electron chi connectivity index (χ1n) is 8.83. The lowest BCUT2D eigenvalue weighted by atomic mass is 10.00. The van der Waals surface area contributed by atoms with Crippen molar-refractivity contribution in [1.82, 2.24) is 5.16 Å². The van der Waals surface area contributed by atoms with E-state index in [1.165, 1.54) is 13.2 Å². The zero-order valence-electron chi connectivity index (χ0n) is 15.5. The van der Waals surface area contributed by atoms with Crippen molar-refractivity contribution in [2.75, 3.05) is 19.5 Å². The van der Waals surface area contributed by atoms with Gasteiger partial charge in [-0.3, -0.25) is 4.79 Å². The lowest BCUT2D eigenvalue weighted by molar-refractivity contribution is -0.118. The van der Waals surface area contributed by atoms with Gasteiger partial charge in [-0.25, -0.2) is 4.39 Å². The molecular weight excluding hydrogens is 363 g/mol. The predicted molar refractivity (Wildman–Crippen MR) is 101 cm³/mol. The molecule has 144 valence electrons. The number of anilines is 1. The van der Waals surface area contributed by atoms with Crippen molar-refractivity contribution >= 4 is 11.6 Å². The van der Waals surface area contributed by atoms with Crippen molar-refractivity contribution in [2.24, 2.45) is 0 Å². The number of ether oxygens (including phenoxy) is 2. The van der Waals surface area contributed by atoms with Gasteiger partial charge in [-0.15, -0.1) is 0 Å². The maximum atomic E-state index is 14.0. The van der Waals surface area contributed by atoms with Gasteiger partial charge < -0.3 is 19.3 Å². The van der Waals surface area contributed by atoms with Crippen LogP contribution in [0.3, 0.4) is 0 Å². The first-order chi connectivity index (χ1) is 13.6. The summed E-state index contributed by atoms with van der Waals surface area (Å²) in [6.07, 6.45) is 1.27. The highest BCUT2D eigenvalue weighted by Gasteiger charge is 2.54. The monoisotopic (exact) mass is 382 g/mol. The number of hydrogen-bond acceptors (Lipinski definition) is 5. The molecule has 1 aromatic heterocycles. The predicted octanol–water partition coefficient (Wildman–Crippen LogP) is 4.17. The fourth-order valence-corrected chi connectivity index (χ4v) is 3.17. The molecule has 0 spiro atoms. The van der Waals surface area contributed by atoms with Crippen molar-refractivity contribution in [3.05, 3.63) is 60.0 Å². The van der Waals surface area contributed by atoms with Crippen molar-refractivity contribution in [1.29, 1.82) is 0 Å². The van der Waals surface area contributed by atoms with Crippen LogP contribution < -0.4 is 14.8 Å². The molecule has 0 radical (unpaired) electrons. The quantitative estimate of drug-likeness (QED) is 0.693. The Morgan fingerprint density at radius 1 is 1.14 bits per heavy atom. The molecule has 0 unspecified atom stereocenters. The molecule has 4 rings (SSSR count). The van der Waals surface area contributed by atoms with Crippen LogP contribution in [0.2, 0.25) is 0 Å². The van der Waals surface area contributed by atoms with Crippen molar-refractivity contribution in [3.8, 4) is 22.8 Å². The molecule has 6 nitrogen and oxygen atoms in total. The van der Waals surface area contributed by atoms with E-state index in [1.54, 1.807) is 49.6 Å². The molecular formula is C21H19FN2O4. The number of halogens is 1. The highest BCUT2D eigenvalue weighted by molar-refractivity contribution is 6.02. The molecule has 0 atom stereocenters. The third-order valence-corrected chi connectivity index (χ3v) is 4.98. The van der Waals surface area contributed by atoms with Gasteiger partial charge in [0.05, 0.1) is 36.6 Å². The minimum atomic E-state index is -0.791. The van der Waals surface area contributed by atoms with Crippen LogP contribution in [0.4, 0.5) is 10.1 Å². The molecule has 3 aromatic rings. The Morgan fingerprint density at radius 2 is 1.93 bits per heavy atom. The van der Waals surface area contributed by atoms with Crippen LogP contribution in [0.5, 0.6) is 11.5 Å². The van der Waals surface area contributed by atoms with Crippen LogP contribution in [0.1, 0.15) is 18.5 Å². The van der Waals surface area contributed by atoms with E-state index in [2.05, 4.69) is 10.5 Å². The van der Waals surface area contributed by atoms with Crippen molar-refractivity contribution in [2.45, 2.75) is 18.3 Å². The number of rotatable bonds is 6. The minimum Gasteiger partial charge on any atom is -0.497 e. The van der Waals surface area contributed by atoms with E-state index in [0.717, 1.165) is 0 Å². The fourth-order valence-electron chi connectivity index (χ4n) is 3.17. The van der Waals surface area contributed by atoms with Crippen LogP contribution in [-0.2, 0) is 10.2 Å². The molecule has 0 bridgehead atoms. The molecule has 1 aliphatic rings. The Labute approximate surface area is 161 Å². The van der Waals surface area contributed by atoms with Gasteiger partial charge in [0.2, 0.25) is 5.91 Å². The van der Waals surface area contributed by atoms with E-state index in [0.29, 0.717) is 47.0 Å². The third-order valence-electron chi connectivity index (χ3n) is 4.98. The van der Waals surface area contributed by atoms with Gasteiger partial charge in [0, 0.05) is 12.1 Å². The maximum absolute atomic E-state index is 14.0. The summed E-state index contributed by atoms with van der Waals surface area (Å²) in [7, 11) is 3.08. The van der Waals surface area contributed by atoms with Crippen LogP contribution in [-0.4, -0.2) is 25.3 Å². The van der Waals surface area contributed by atoms with Gasteiger partial charge in [-0.1, -0.05) is 17.3 Å². The van der Waals surface area contributed by atoms with Gasteiger partial charge in [0.1, 0.15) is 17.3 Å². The van der Waals surface area contributed by atoms with Gasteiger partial charge in [-0.2, -0.15) is 0 Å². The van der Waals surface area contributed by atoms with E-state index >= 15 is 0 Å². The number of carbonyl (C=O) groups excluding carboxylic acids is 1. The Balaban J connectivity index is 1.60. The van der Waals surface area contributed by atoms with Crippen molar-refractivity contribution < 1.29 is 23.2 Å². The third kappa shape index (κ3) is 3.09. The minimum absolute atomic E-state index is 0.215. The smallest absolute Gasteiger partial charge is 0.236 e. The number of carbonyl (C=O) groups is 1. The number of nitrogens with zero attached hydrogens (tertiary/aromatic N) is 1. The standard InChI is InChI=1S/C21H19FN2O4/c1-26-13-7-8-17(27-2)16(11-13)23-20(25)21(9-10-21)19-12-18(28-24-19)14-5-3-4-6-15(14)22/h3-8,11-12H,9-10H2,1-2H3,(H,23,25). The Kier molecular flexibility index (Phi) is 4.50. The molecule has 2 aromatic carbocycles. The summed E-state index contributed by atoms with van der Waals surface area (Å²) < 4.78 is 29.9. The lowest BCUT2D eigenvalue weighted by Gasteiger charge is -2.15. The summed E-state index contributed by atoms with van der Waals surface area (Å²) in [6.45, 7) is 0. The molecule has 1 heterocycles. The molecule has 1 saturated carbocycles. The number of methoxy groups -OCH3 is 2. The molecule has 1 amide bonds. The molecule has 1 N–H and O–H groups in total. The molecule has 7 heteroatoms. The van der Waals surface area contributed by atoms with Gasteiger partial charge in [0.25, 0.3) is 0 Å². The summed E-state index contributed by atoms with van der Waals surface area (Å²) in [5, 5.41) is 6.95. The van der Waals surface area contributed by atoms with Gasteiger partial charge in [0.15, 0.2) is 5.76 Å². The zero-order valence-corrected chi connectivity index (χ0v) is 15.5. The Bertz CT molecular complexity index is 1030. The second kappa shape index (κ2) is 6.99. The summed E-state index contributed by atoms with van der Waals surface area (Å²) in [5.74, 6) is 0.806. The maximum Gasteiger partial charge on any atom is 0.236 e. The normalized spacial score (nSPS) is 14.4. The average Bonchev–Trinajstić information content (AvgIpc) is 3.39. The number of aromatic nitrogens is 1. The van der Waals surface area contributed by atoms with Crippen LogP contribution in [0, 0.1) is 5.82 Å². The summed E-state index contributed by atoms with van der Waals surface area (Å²) >= 11 is 0. The number of hydrogen-bond donors (Lipinski definition) is 1. The van der Waals surface area contributed by atoms with E-state index in [9.17, 15) is 9.18 Å². The second-order valence-electron chi connectivity index (χ2n) is 6.66. The van der Waals surface area contributed by atoms with Crippen molar-refractivity contribution in [3.63, 3.8) is 0 Å². The zero-order chi connectivity index (χ0) is 19.7. The summed E-state index contributed by atoms with van der Waals surface area (Å²) in [5.41, 5.74) is 0.522. The number of amides is 1. The fraction of sp³-hybridized carbons (Fsp3) is 0.238. The van der Waals surface area contributed by atoms with Gasteiger partial charge in [-0.05, 0) is 37.1 Å². The second-order valence-corrected chi connectivity index (χ2v) is 6.66. The number of nitrogens with one attached hydrogen (secondary N) is 1. The SMILES string of the molecule is COc1ccc(OC)c(NC(=O)C2(c3cc(-c4ccccc4F)on3)CC2)c1. The lowest BCUT2D eigenvalue weighted by Crippen LogP contribution is -2.28. The first kappa shape index (κ1) is 18.0. The molecule has 0 saturated heterocycles. The topological polar surface area (TPSA) is 73.6 Å². The molecule has 1 aliphatic carbocycles. The van der Waals surface area contributed by atoms with E-state index in [4.69, 9.17) is 14.0 Å². The Morgan fingerprint density at radius 3 is 2.61 bits per heavy atom. The first-order valence-corrected chi connectivity index (χ1v) is 8.83. The summed E-state index contributed by atoms with van der Waals surface area (Å²) in [4.78, 5) is 13.0. The highest BCUT2D eigenvalue weighted by atomic mass is 19.1. The van der Waals surface area contributed by atoms with E-state index < -0.39 is 11.2 Å². The summed E-state index contributed by atoms with van der Waals surface area (Å²) in [6, 6.07) is 13.1. The highest BCUT2D eigenvalue weighted by Crippen LogP contribution is 2.49. The Hall–Kier alpha value is -3.35. The van der Waals surface area contributed by atoms with Crippen LogP contribution >= 0.6 is 0 Å². The van der Waals surface area contributed by atoms with Gasteiger partial charge >= 0.3 is 0 Å². The molecule has 0 aliphatic heterocycles. The number of benzene rings is 2. The molecule has 1 fully saturated rings. The average molecular weight is 382 g/mol. The van der Waals surface area contributed by atoms with Crippen LogP contribution in [0.15, 0.2) is 53.1 Å². The van der Waals surface area contributed by atoms with E-state index in [1.807, 2.05) is 0 Å². The largest absolute Gasteiger partial charge is 0.497 e. The van der Waals surface area contributed by atoms with E-state index in [-0.39, 0.29) is 5.91 Å². The van der Waals surface area contributed by atoms with Crippen LogP contribution in [0.25, 0.3) is 11.3 Å².